The molecule has 0 amide bonds. The van der Waals surface area contributed by atoms with Gasteiger partial charge in [-0.25, -0.2) is 8.78 Å². The van der Waals surface area contributed by atoms with Crippen molar-refractivity contribution in [3.8, 4) is 0 Å². The molecule has 0 saturated heterocycles. The fraction of sp³-hybridized carbons (Fsp3) is 0.571. The second kappa shape index (κ2) is 5.58. The highest BCUT2D eigenvalue weighted by atomic mass is 19.1. The van der Waals surface area contributed by atoms with Crippen LogP contribution in [0.2, 0.25) is 0 Å². The molecule has 1 rings (SSSR count). The number of hydrogen-bond donors (Lipinski definition) is 1. The van der Waals surface area contributed by atoms with Crippen molar-refractivity contribution in [2.45, 2.75) is 52.1 Å². The van der Waals surface area contributed by atoms with Gasteiger partial charge >= 0.3 is 0 Å². The Labute approximate surface area is 101 Å². The van der Waals surface area contributed by atoms with Crippen LogP contribution in [0, 0.1) is 18.6 Å². The Bertz CT molecular complexity index is 386. The van der Waals surface area contributed by atoms with Crippen LogP contribution in [0.15, 0.2) is 12.1 Å². The maximum absolute atomic E-state index is 13.9. The third kappa shape index (κ3) is 3.25. The van der Waals surface area contributed by atoms with Crippen LogP contribution < -0.4 is 0 Å². The highest BCUT2D eigenvalue weighted by Crippen LogP contribution is 2.32. The lowest BCUT2D eigenvalue weighted by molar-refractivity contribution is 0.0373. The molecule has 0 spiro atoms. The number of unbranched alkanes of at least 4 members (excludes halogenated alkanes) is 2. The Morgan fingerprint density at radius 3 is 2.47 bits per heavy atom. The molecule has 17 heavy (non-hydrogen) atoms. The molecule has 0 aliphatic rings. The van der Waals surface area contributed by atoms with Crippen molar-refractivity contribution < 1.29 is 13.9 Å². The summed E-state index contributed by atoms with van der Waals surface area (Å²) in [5, 5.41) is 10.2. The van der Waals surface area contributed by atoms with Crippen molar-refractivity contribution in [1.82, 2.24) is 0 Å². The van der Waals surface area contributed by atoms with E-state index in [2.05, 4.69) is 0 Å². The van der Waals surface area contributed by atoms with Crippen LogP contribution in [-0.2, 0) is 5.60 Å². The molecule has 0 saturated carbocycles. The van der Waals surface area contributed by atoms with Gasteiger partial charge in [0.15, 0.2) is 0 Å². The summed E-state index contributed by atoms with van der Waals surface area (Å²) in [5.41, 5.74) is -1.28. The average molecular weight is 242 g/mol. The first kappa shape index (κ1) is 14.1. The lowest BCUT2D eigenvalue weighted by atomic mass is 9.88. The van der Waals surface area contributed by atoms with Crippen LogP contribution in [0.25, 0.3) is 0 Å². The van der Waals surface area contributed by atoms with Crippen LogP contribution in [-0.4, -0.2) is 5.11 Å². The third-order valence-electron chi connectivity index (χ3n) is 3.09. The summed E-state index contributed by atoms with van der Waals surface area (Å²) in [4.78, 5) is 0. The van der Waals surface area contributed by atoms with Gasteiger partial charge in [0.2, 0.25) is 0 Å². The van der Waals surface area contributed by atoms with E-state index in [0.717, 1.165) is 19.3 Å². The Balaban J connectivity index is 3.01. The van der Waals surface area contributed by atoms with E-state index in [0.29, 0.717) is 12.0 Å². The molecule has 0 bridgehead atoms. The molecule has 0 fully saturated rings. The zero-order valence-electron chi connectivity index (χ0n) is 10.7. The second-order valence-corrected chi connectivity index (χ2v) is 4.78. The molecule has 96 valence electrons. The standard InChI is InChI=1S/C14H20F2O/c1-4-5-6-9-14(3,17)12-11(15)8-7-10(2)13(12)16/h7-8,17H,4-6,9H2,1-3H3. The van der Waals surface area contributed by atoms with E-state index in [9.17, 15) is 13.9 Å². The molecule has 3 heteroatoms. The predicted molar refractivity (Wildman–Crippen MR) is 64.8 cm³/mol. The minimum atomic E-state index is -1.44. The molecule has 1 N–H and O–H groups in total. The first-order valence-corrected chi connectivity index (χ1v) is 6.07. The number of aryl methyl sites for hydroxylation is 1. The maximum atomic E-state index is 13.9. The number of halogens is 2. The molecule has 1 aromatic carbocycles. The molecule has 1 unspecified atom stereocenters. The van der Waals surface area contributed by atoms with Gasteiger partial charge in [0.05, 0.1) is 11.2 Å². The van der Waals surface area contributed by atoms with Crippen LogP contribution in [0.4, 0.5) is 8.78 Å². The molecule has 0 aromatic heterocycles. The second-order valence-electron chi connectivity index (χ2n) is 4.78. The Morgan fingerprint density at radius 2 is 1.88 bits per heavy atom. The fourth-order valence-electron chi connectivity index (χ4n) is 1.99. The van der Waals surface area contributed by atoms with Crippen molar-refractivity contribution in [3.63, 3.8) is 0 Å². The van der Waals surface area contributed by atoms with Crippen molar-refractivity contribution in [2.24, 2.45) is 0 Å². The predicted octanol–water partition coefficient (Wildman–Crippen LogP) is 4.06. The Kier molecular flexibility index (Phi) is 4.63. The van der Waals surface area contributed by atoms with Gasteiger partial charge in [-0.15, -0.1) is 0 Å². The maximum Gasteiger partial charge on any atom is 0.135 e. The van der Waals surface area contributed by atoms with E-state index in [4.69, 9.17) is 0 Å². The minimum absolute atomic E-state index is 0.200. The van der Waals surface area contributed by atoms with Gasteiger partial charge in [-0.2, -0.15) is 0 Å². The number of aliphatic hydroxyl groups is 1. The highest BCUT2D eigenvalue weighted by molar-refractivity contribution is 5.30. The molecular weight excluding hydrogens is 222 g/mol. The smallest absolute Gasteiger partial charge is 0.135 e. The molecule has 0 aliphatic carbocycles. The van der Waals surface area contributed by atoms with Crippen LogP contribution >= 0.6 is 0 Å². The van der Waals surface area contributed by atoms with Crippen molar-refractivity contribution in [3.05, 3.63) is 34.9 Å². The fourth-order valence-corrected chi connectivity index (χ4v) is 1.99. The van der Waals surface area contributed by atoms with Crippen molar-refractivity contribution in [2.75, 3.05) is 0 Å². The molecular formula is C14H20F2O. The molecule has 1 aromatic rings. The molecule has 0 aliphatic heterocycles. The summed E-state index contributed by atoms with van der Waals surface area (Å²) < 4.78 is 27.5. The van der Waals surface area contributed by atoms with Crippen molar-refractivity contribution >= 4 is 0 Å². The van der Waals surface area contributed by atoms with Gasteiger partial charge in [-0.1, -0.05) is 32.3 Å². The number of benzene rings is 1. The Morgan fingerprint density at radius 1 is 1.24 bits per heavy atom. The first-order chi connectivity index (χ1) is 7.90. The van der Waals surface area contributed by atoms with E-state index in [1.165, 1.54) is 19.1 Å². The number of hydrogen-bond acceptors (Lipinski definition) is 1. The Hall–Kier alpha value is -0.960. The summed E-state index contributed by atoms with van der Waals surface area (Å²) in [6.07, 6.45) is 3.09. The lowest BCUT2D eigenvalue weighted by Crippen LogP contribution is -2.25. The topological polar surface area (TPSA) is 20.2 Å². The monoisotopic (exact) mass is 242 g/mol. The summed E-state index contributed by atoms with van der Waals surface area (Å²) >= 11 is 0. The van der Waals surface area contributed by atoms with Crippen molar-refractivity contribution in [1.29, 1.82) is 0 Å². The normalized spacial score (nSPS) is 14.7. The van der Waals surface area contributed by atoms with Gasteiger partial charge in [-0.3, -0.25) is 0 Å². The summed E-state index contributed by atoms with van der Waals surface area (Å²) in [5.74, 6) is -1.30. The van der Waals surface area contributed by atoms with Crippen LogP contribution in [0.1, 0.15) is 50.7 Å². The largest absolute Gasteiger partial charge is 0.385 e. The highest BCUT2D eigenvalue weighted by Gasteiger charge is 2.30. The van der Waals surface area contributed by atoms with E-state index in [1.54, 1.807) is 6.92 Å². The van der Waals surface area contributed by atoms with E-state index < -0.39 is 17.2 Å². The molecule has 0 radical (unpaired) electrons. The van der Waals surface area contributed by atoms with Gasteiger partial charge in [-0.05, 0) is 31.9 Å². The van der Waals surface area contributed by atoms with E-state index in [1.807, 2.05) is 6.92 Å². The van der Waals surface area contributed by atoms with E-state index >= 15 is 0 Å². The summed E-state index contributed by atoms with van der Waals surface area (Å²) in [6, 6.07) is 2.60. The van der Waals surface area contributed by atoms with E-state index in [-0.39, 0.29) is 5.56 Å². The zero-order valence-corrected chi connectivity index (χ0v) is 10.7. The molecule has 1 nitrogen and oxygen atoms in total. The van der Waals surface area contributed by atoms with Gasteiger partial charge in [0, 0.05) is 0 Å². The quantitative estimate of drug-likeness (QED) is 0.772. The number of rotatable bonds is 5. The van der Waals surface area contributed by atoms with Gasteiger partial charge < -0.3 is 5.11 Å². The first-order valence-electron chi connectivity index (χ1n) is 6.07. The van der Waals surface area contributed by atoms with Gasteiger partial charge in [0.1, 0.15) is 11.6 Å². The SMILES string of the molecule is CCCCCC(C)(O)c1c(F)ccc(C)c1F. The van der Waals surface area contributed by atoms with Crippen LogP contribution in [0.5, 0.6) is 0 Å². The summed E-state index contributed by atoms with van der Waals surface area (Å²) in [6.45, 7) is 5.09. The zero-order chi connectivity index (χ0) is 13.1. The van der Waals surface area contributed by atoms with Gasteiger partial charge in [0.25, 0.3) is 0 Å². The third-order valence-corrected chi connectivity index (χ3v) is 3.09. The average Bonchev–Trinajstić information content (AvgIpc) is 2.24. The minimum Gasteiger partial charge on any atom is -0.385 e. The summed E-state index contributed by atoms with van der Waals surface area (Å²) in [7, 11) is 0. The lowest BCUT2D eigenvalue weighted by Gasteiger charge is -2.25. The molecule has 1 atom stereocenters. The van der Waals surface area contributed by atoms with Crippen LogP contribution in [0.3, 0.4) is 0 Å². The molecule has 0 heterocycles.